The van der Waals surface area contributed by atoms with Gasteiger partial charge in [0, 0.05) is 17.1 Å². The zero-order valence-electron chi connectivity index (χ0n) is 12.2. The molecule has 0 bridgehead atoms. The van der Waals surface area contributed by atoms with Crippen LogP contribution in [0.3, 0.4) is 0 Å². The predicted molar refractivity (Wildman–Crippen MR) is 84.3 cm³/mol. The van der Waals surface area contributed by atoms with Crippen molar-refractivity contribution in [2.75, 3.05) is 0 Å². The van der Waals surface area contributed by atoms with Gasteiger partial charge in [-0.25, -0.2) is 9.67 Å². The molecule has 1 N–H and O–H groups in total. The van der Waals surface area contributed by atoms with Gasteiger partial charge in [0.15, 0.2) is 0 Å². The van der Waals surface area contributed by atoms with E-state index in [0.29, 0.717) is 5.92 Å². The minimum absolute atomic E-state index is 0.259. The van der Waals surface area contributed by atoms with Gasteiger partial charge in [-0.2, -0.15) is 5.10 Å². The summed E-state index contributed by atoms with van der Waals surface area (Å²) in [7, 11) is 0. The van der Waals surface area contributed by atoms with Gasteiger partial charge in [0.25, 0.3) is 0 Å². The average molecular weight is 337 g/mol. The second kappa shape index (κ2) is 6.99. The predicted octanol–water partition coefficient (Wildman–Crippen LogP) is 3.55. The Morgan fingerprint density at radius 3 is 2.70 bits per heavy atom. The van der Waals surface area contributed by atoms with E-state index in [9.17, 15) is 0 Å². The van der Waals surface area contributed by atoms with Gasteiger partial charge in [0.2, 0.25) is 0 Å². The van der Waals surface area contributed by atoms with E-state index in [0.717, 1.165) is 23.4 Å². The van der Waals surface area contributed by atoms with Crippen LogP contribution in [0.1, 0.15) is 38.2 Å². The molecule has 108 valence electrons. The molecule has 20 heavy (non-hydrogen) atoms. The zero-order valence-corrected chi connectivity index (χ0v) is 13.8. The Kier molecular flexibility index (Phi) is 5.31. The number of halogens is 1. The minimum atomic E-state index is 0.259. The second-order valence-corrected chi connectivity index (χ2v) is 6.23. The molecule has 4 nitrogen and oxygen atoms in total. The molecule has 0 spiro atoms. The number of hydrogen-bond donors (Lipinski definition) is 1. The molecule has 0 saturated carbocycles. The highest BCUT2D eigenvalue weighted by molar-refractivity contribution is 9.10. The van der Waals surface area contributed by atoms with Crippen LogP contribution >= 0.6 is 15.9 Å². The first kappa shape index (κ1) is 15.2. The van der Waals surface area contributed by atoms with Gasteiger partial charge in [-0.05, 0) is 24.5 Å². The van der Waals surface area contributed by atoms with Crippen LogP contribution < -0.4 is 5.32 Å². The third-order valence-corrected chi connectivity index (χ3v) is 3.89. The third-order valence-electron chi connectivity index (χ3n) is 3.17. The largest absolute Gasteiger partial charge is 0.303 e. The molecule has 0 radical (unpaired) electrons. The molecule has 1 aromatic carbocycles. The number of benzene rings is 1. The summed E-state index contributed by atoms with van der Waals surface area (Å²) in [6.07, 6.45) is 1.63. The summed E-state index contributed by atoms with van der Waals surface area (Å²) < 4.78 is 3.10. The van der Waals surface area contributed by atoms with Gasteiger partial charge in [-0.3, -0.25) is 0 Å². The third kappa shape index (κ3) is 3.90. The molecule has 2 aromatic rings. The van der Waals surface area contributed by atoms with E-state index in [4.69, 9.17) is 0 Å². The normalized spacial score (nSPS) is 12.8. The first-order valence-electron chi connectivity index (χ1n) is 6.92. The molecule has 1 heterocycles. The molecule has 0 aliphatic carbocycles. The van der Waals surface area contributed by atoms with E-state index >= 15 is 0 Å². The first-order chi connectivity index (χ1) is 9.58. The highest BCUT2D eigenvalue weighted by Gasteiger charge is 2.11. The maximum atomic E-state index is 4.33. The lowest BCUT2D eigenvalue weighted by atomic mass is 10.1. The van der Waals surface area contributed by atoms with Crippen LogP contribution in [0.5, 0.6) is 0 Å². The summed E-state index contributed by atoms with van der Waals surface area (Å²) in [6.45, 7) is 8.14. The number of nitrogens with one attached hydrogen (secondary N) is 1. The van der Waals surface area contributed by atoms with Gasteiger partial charge in [0.05, 0.1) is 6.54 Å². The molecule has 0 aliphatic rings. The summed E-state index contributed by atoms with van der Waals surface area (Å²) in [5.74, 6) is 1.55. The van der Waals surface area contributed by atoms with E-state index in [2.05, 4.69) is 70.3 Å². The molecule has 0 fully saturated rings. The molecule has 2 rings (SSSR count). The van der Waals surface area contributed by atoms with Gasteiger partial charge < -0.3 is 5.32 Å². The summed E-state index contributed by atoms with van der Waals surface area (Å²) in [4.78, 5) is 4.33. The molecular weight excluding hydrogens is 316 g/mol. The molecular formula is C15H21BrN4. The second-order valence-electron chi connectivity index (χ2n) is 5.38. The van der Waals surface area contributed by atoms with Crippen LogP contribution in [-0.4, -0.2) is 14.8 Å². The Morgan fingerprint density at radius 2 is 2.00 bits per heavy atom. The Morgan fingerprint density at radius 1 is 1.25 bits per heavy atom. The van der Waals surface area contributed by atoms with Crippen molar-refractivity contribution in [3.63, 3.8) is 0 Å². The standard InChI is InChI=1S/C15H21BrN4/c1-11(2)9-20-15(18-10-19-20)8-17-12(3)13-6-4-5-7-14(13)16/h4-7,10-12,17H,8-9H2,1-3H3/t12-/m0/s1. The van der Waals surface area contributed by atoms with Gasteiger partial charge in [-0.15, -0.1) is 0 Å². The van der Waals surface area contributed by atoms with Crippen molar-refractivity contribution in [1.82, 2.24) is 20.1 Å². The molecule has 0 unspecified atom stereocenters. The van der Waals surface area contributed by atoms with Gasteiger partial charge in [0.1, 0.15) is 12.2 Å². The summed E-state index contributed by atoms with van der Waals surface area (Å²) >= 11 is 3.59. The van der Waals surface area contributed by atoms with Crippen LogP contribution in [0.25, 0.3) is 0 Å². The average Bonchev–Trinajstić information content (AvgIpc) is 2.83. The fourth-order valence-electron chi connectivity index (χ4n) is 2.10. The lowest BCUT2D eigenvalue weighted by Crippen LogP contribution is -2.22. The van der Waals surface area contributed by atoms with Crippen LogP contribution in [0.15, 0.2) is 35.1 Å². The lowest BCUT2D eigenvalue weighted by molar-refractivity contribution is 0.449. The van der Waals surface area contributed by atoms with Gasteiger partial charge in [-0.1, -0.05) is 48.0 Å². The summed E-state index contributed by atoms with van der Waals surface area (Å²) in [6, 6.07) is 8.53. The quantitative estimate of drug-likeness (QED) is 0.877. The Balaban J connectivity index is 1.99. The smallest absolute Gasteiger partial charge is 0.140 e. The lowest BCUT2D eigenvalue weighted by Gasteiger charge is -2.16. The monoisotopic (exact) mass is 336 g/mol. The Hall–Kier alpha value is -1.20. The summed E-state index contributed by atoms with van der Waals surface area (Å²) in [5, 5.41) is 7.78. The van der Waals surface area contributed by atoms with Crippen molar-refractivity contribution < 1.29 is 0 Å². The number of rotatable bonds is 6. The van der Waals surface area contributed by atoms with Crippen molar-refractivity contribution in [3.8, 4) is 0 Å². The van der Waals surface area contributed by atoms with E-state index < -0.39 is 0 Å². The van der Waals surface area contributed by atoms with Crippen LogP contribution in [0.2, 0.25) is 0 Å². The highest BCUT2D eigenvalue weighted by atomic mass is 79.9. The van der Waals surface area contributed by atoms with E-state index in [1.807, 2.05) is 10.7 Å². The molecule has 0 amide bonds. The maximum Gasteiger partial charge on any atom is 0.140 e. The van der Waals surface area contributed by atoms with Crippen molar-refractivity contribution in [1.29, 1.82) is 0 Å². The fraction of sp³-hybridized carbons (Fsp3) is 0.467. The van der Waals surface area contributed by atoms with Crippen molar-refractivity contribution in [2.24, 2.45) is 5.92 Å². The number of nitrogens with zero attached hydrogens (tertiary/aromatic N) is 3. The highest BCUT2D eigenvalue weighted by Crippen LogP contribution is 2.22. The molecule has 0 aliphatic heterocycles. The molecule has 0 saturated heterocycles. The number of hydrogen-bond acceptors (Lipinski definition) is 3. The minimum Gasteiger partial charge on any atom is -0.303 e. The fourth-order valence-corrected chi connectivity index (χ4v) is 2.73. The zero-order chi connectivity index (χ0) is 14.5. The summed E-state index contributed by atoms with van der Waals surface area (Å²) in [5.41, 5.74) is 1.25. The van der Waals surface area contributed by atoms with Crippen LogP contribution in [0, 0.1) is 5.92 Å². The van der Waals surface area contributed by atoms with Crippen molar-refractivity contribution >= 4 is 15.9 Å². The molecule has 5 heteroatoms. The SMILES string of the molecule is CC(C)Cn1ncnc1CN[C@@H](C)c1ccccc1Br. The van der Waals surface area contributed by atoms with Crippen molar-refractivity contribution in [3.05, 3.63) is 46.5 Å². The van der Waals surface area contributed by atoms with E-state index in [1.54, 1.807) is 6.33 Å². The van der Waals surface area contributed by atoms with E-state index in [-0.39, 0.29) is 6.04 Å². The molecule has 1 aromatic heterocycles. The van der Waals surface area contributed by atoms with E-state index in [1.165, 1.54) is 5.56 Å². The topological polar surface area (TPSA) is 42.7 Å². The van der Waals surface area contributed by atoms with Gasteiger partial charge >= 0.3 is 0 Å². The van der Waals surface area contributed by atoms with Crippen LogP contribution in [0.4, 0.5) is 0 Å². The number of aromatic nitrogens is 3. The first-order valence-corrected chi connectivity index (χ1v) is 7.71. The van der Waals surface area contributed by atoms with Crippen LogP contribution in [-0.2, 0) is 13.1 Å². The Bertz CT molecular complexity index is 550. The maximum absolute atomic E-state index is 4.33. The Labute approximate surface area is 128 Å². The van der Waals surface area contributed by atoms with Crippen molar-refractivity contribution in [2.45, 2.75) is 39.9 Å². The molecule has 1 atom stereocenters.